The number of nitrogens with one attached hydrogen (secondary N) is 1. The van der Waals surface area contributed by atoms with Crippen molar-refractivity contribution in [1.29, 1.82) is 0 Å². The Kier molecular flexibility index (Phi) is 2.90. The molecular weight excluding hydrogens is 214 g/mol. The van der Waals surface area contributed by atoms with Gasteiger partial charge in [-0.1, -0.05) is 18.2 Å². The number of rotatable bonds is 2. The summed E-state index contributed by atoms with van der Waals surface area (Å²) in [6.07, 6.45) is 0. The summed E-state index contributed by atoms with van der Waals surface area (Å²) < 4.78 is 22.5. The van der Waals surface area contributed by atoms with Crippen molar-refractivity contribution in [1.82, 2.24) is 4.72 Å². The number of amides is 1. The molecule has 1 amide bonds. The van der Waals surface area contributed by atoms with Crippen LogP contribution in [-0.2, 0) is 9.24 Å². The van der Waals surface area contributed by atoms with Gasteiger partial charge in [0.2, 0.25) is 0 Å². The Bertz CT molecular complexity index is 401. The molecule has 0 bridgehead atoms. The van der Waals surface area contributed by atoms with Crippen LogP contribution in [0.4, 0.5) is 0 Å². The molecule has 0 aromatic heterocycles. The van der Waals surface area contributed by atoms with E-state index >= 15 is 0 Å². The Labute approximate surface area is 80.1 Å². The van der Waals surface area contributed by atoms with E-state index in [2.05, 4.69) is 0 Å². The van der Waals surface area contributed by atoms with E-state index in [0.29, 0.717) is 0 Å². The van der Waals surface area contributed by atoms with Gasteiger partial charge in [-0.05, 0) is 12.1 Å². The summed E-state index contributed by atoms with van der Waals surface area (Å²) in [4.78, 5) is 11.1. The van der Waals surface area contributed by atoms with E-state index in [0.717, 1.165) is 0 Å². The van der Waals surface area contributed by atoms with Gasteiger partial charge < -0.3 is 0 Å². The molecule has 1 aromatic rings. The molecular formula is C7H6ClNO3S. The first kappa shape index (κ1) is 10.0. The molecule has 0 aliphatic rings. The maximum Gasteiger partial charge on any atom is 0.321 e. The van der Waals surface area contributed by atoms with E-state index in [1.165, 1.54) is 12.1 Å². The number of hydrogen-bond acceptors (Lipinski definition) is 3. The molecule has 0 aliphatic heterocycles. The van der Waals surface area contributed by atoms with Gasteiger partial charge in [0.1, 0.15) is 0 Å². The van der Waals surface area contributed by atoms with Gasteiger partial charge in [-0.2, -0.15) is 8.42 Å². The van der Waals surface area contributed by atoms with Crippen molar-refractivity contribution in [2.75, 3.05) is 0 Å². The van der Waals surface area contributed by atoms with Crippen LogP contribution < -0.4 is 4.72 Å². The second-order valence-electron chi connectivity index (χ2n) is 2.24. The Hall–Kier alpha value is -1.07. The average Bonchev–Trinajstić information content (AvgIpc) is 2.03. The van der Waals surface area contributed by atoms with Crippen LogP contribution in [0.2, 0.25) is 0 Å². The monoisotopic (exact) mass is 219 g/mol. The van der Waals surface area contributed by atoms with Crippen molar-refractivity contribution >= 4 is 25.8 Å². The molecule has 1 N–H and O–H groups in total. The van der Waals surface area contributed by atoms with Gasteiger partial charge in [0.15, 0.2) is 0 Å². The zero-order valence-corrected chi connectivity index (χ0v) is 7.97. The Balaban J connectivity index is 2.82. The summed E-state index contributed by atoms with van der Waals surface area (Å²) in [6, 6.07) is 7.92. The Morgan fingerprint density at radius 1 is 1.23 bits per heavy atom. The summed E-state index contributed by atoms with van der Waals surface area (Å²) in [5, 5.41) is 0. The molecule has 0 spiro atoms. The standard InChI is InChI=1S/C7H6ClNO3S/c8-13(11,12)9-7(10)6-4-2-1-3-5-6/h1-5H,(H,9,10). The van der Waals surface area contributed by atoms with Gasteiger partial charge in [0.25, 0.3) is 5.91 Å². The summed E-state index contributed by atoms with van der Waals surface area (Å²) in [6.45, 7) is 0. The lowest BCUT2D eigenvalue weighted by atomic mass is 10.2. The number of carbonyl (C=O) groups excluding carboxylic acids is 1. The highest BCUT2D eigenvalue weighted by atomic mass is 35.7. The van der Waals surface area contributed by atoms with Crippen LogP contribution in [-0.4, -0.2) is 14.3 Å². The zero-order chi connectivity index (χ0) is 9.90. The molecule has 0 heterocycles. The van der Waals surface area contributed by atoms with Gasteiger partial charge in [-0.25, -0.2) is 4.72 Å². The highest BCUT2D eigenvalue weighted by Crippen LogP contribution is 2.00. The molecule has 70 valence electrons. The lowest BCUT2D eigenvalue weighted by Gasteiger charge is -1.99. The smallest absolute Gasteiger partial charge is 0.268 e. The minimum atomic E-state index is -4.00. The minimum absolute atomic E-state index is 0.242. The first-order valence-electron chi connectivity index (χ1n) is 3.31. The SMILES string of the molecule is O=C(NS(=O)(=O)Cl)c1ccccc1. The van der Waals surface area contributed by atoms with Gasteiger partial charge in [0, 0.05) is 16.2 Å². The van der Waals surface area contributed by atoms with Crippen LogP contribution in [0.3, 0.4) is 0 Å². The quantitative estimate of drug-likeness (QED) is 0.752. The molecule has 0 unspecified atom stereocenters. The van der Waals surface area contributed by atoms with Gasteiger partial charge in [0.05, 0.1) is 0 Å². The molecule has 13 heavy (non-hydrogen) atoms. The molecule has 0 saturated heterocycles. The third-order valence-corrected chi connectivity index (χ3v) is 1.91. The molecule has 0 fully saturated rings. The highest BCUT2D eigenvalue weighted by Gasteiger charge is 2.11. The topological polar surface area (TPSA) is 63.2 Å². The Morgan fingerprint density at radius 3 is 2.23 bits per heavy atom. The minimum Gasteiger partial charge on any atom is -0.268 e. The summed E-state index contributed by atoms with van der Waals surface area (Å²) in [5.74, 6) is -0.740. The van der Waals surface area contributed by atoms with E-state index in [9.17, 15) is 13.2 Å². The second-order valence-corrected chi connectivity index (χ2v) is 4.53. The second kappa shape index (κ2) is 3.76. The van der Waals surface area contributed by atoms with Crippen LogP contribution >= 0.6 is 10.7 Å². The molecule has 0 aliphatic carbocycles. The predicted octanol–water partition coefficient (Wildman–Crippen LogP) is 0.900. The first-order chi connectivity index (χ1) is 5.99. The van der Waals surface area contributed by atoms with E-state index in [4.69, 9.17) is 10.7 Å². The fourth-order valence-electron chi connectivity index (χ4n) is 0.759. The summed E-state index contributed by atoms with van der Waals surface area (Å²) >= 11 is 0. The number of halogens is 1. The maximum absolute atomic E-state index is 11.1. The van der Waals surface area contributed by atoms with Crippen molar-refractivity contribution in [3.05, 3.63) is 35.9 Å². The normalized spacial score (nSPS) is 10.8. The third kappa shape index (κ3) is 3.43. The van der Waals surface area contributed by atoms with E-state index in [-0.39, 0.29) is 5.56 Å². The van der Waals surface area contributed by atoms with Gasteiger partial charge in [-0.15, -0.1) is 0 Å². The van der Waals surface area contributed by atoms with Crippen LogP contribution in [0.25, 0.3) is 0 Å². The van der Waals surface area contributed by atoms with Crippen molar-refractivity contribution in [2.45, 2.75) is 0 Å². The number of carbonyl (C=O) groups is 1. The molecule has 4 nitrogen and oxygen atoms in total. The lowest BCUT2D eigenvalue weighted by Crippen LogP contribution is -2.26. The van der Waals surface area contributed by atoms with E-state index in [1.54, 1.807) is 22.9 Å². The third-order valence-electron chi connectivity index (χ3n) is 1.25. The predicted molar refractivity (Wildman–Crippen MR) is 48.7 cm³/mol. The molecule has 0 atom stereocenters. The van der Waals surface area contributed by atoms with Crippen molar-refractivity contribution < 1.29 is 13.2 Å². The van der Waals surface area contributed by atoms with Crippen LogP contribution in [0, 0.1) is 0 Å². The number of benzene rings is 1. The van der Waals surface area contributed by atoms with Crippen molar-refractivity contribution in [2.24, 2.45) is 0 Å². The van der Waals surface area contributed by atoms with Crippen LogP contribution in [0.1, 0.15) is 10.4 Å². The molecule has 1 aromatic carbocycles. The fourth-order valence-corrected chi connectivity index (χ4v) is 1.31. The number of hydrogen-bond donors (Lipinski definition) is 1. The average molecular weight is 220 g/mol. The summed E-state index contributed by atoms with van der Waals surface area (Å²) in [7, 11) is 0.819. The molecule has 0 saturated carbocycles. The van der Waals surface area contributed by atoms with Crippen molar-refractivity contribution in [3.63, 3.8) is 0 Å². The molecule has 1 rings (SSSR count). The first-order valence-corrected chi connectivity index (χ1v) is 5.62. The van der Waals surface area contributed by atoms with E-state index < -0.39 is 15.1 Å². The fraction of sp³-hybridized carbons (Fsp3) is 0. The van der Waals surface area contributed by atoms with Crippen LogP contribution in [0.15, 0.2) is 30.3 Å². The van der Waals surface area contributed by atoms with E-state index in [1.807, 2.05) is 0 Å². The molecule has 0 radical (unpaired) electrons. The van der Waals surface area contributed by atoms with Crippen molar-refractivity contribution in [3.8, 4) is 0 Å². The van der Waals surface area contributed by atoms with Crippen LogP contribution in [0.5, 0.6) is 0 Å². The highest BCUT2D eigenvalue weighted by molar-refractivity contribution is 8.12. The van der Waals surface area contributed by atoms with Gasteiger partial charge >= 0.3 is 9.24 Å². The maximum atomic E-state index is 11.1. The molecule has 6 heteroatoms. The summed E-state index contributed by atoms with van der Waals surface area (Å²) in [5.41, 5.74) is 0.242. The largest absolute Gasteiger partial charge is 0.321 e. The Morgan fingerprint density at radius 2 is 1.77 bits per heavy atom. The lowest BCUT2D eigenvalue weighted by molar-refractivity contribution is 0.0982. The van der Waals surface area contributed by atoms with Gasteiger partial charge in [-0.3, -0.25) is 4.79 Å². The zero-order valence-electron chi connectivity index (χ0n) is 6.40.